The monoisotopic (exact) mass is 239 g/mol. The quantitative estimate of drug-likeness (QED) is 0.821. The lowest BCUT2D eigenvalue weighted by molar-refractivity contribution is -0.145. The van der Waals surface area contributed by atoms with E-state index in [1.165, 1.54) is 0 Å². The first kappa shape index (κ1) is 11.4. The van der Waals surface area contributed by atoms with E-state index in [9.17, 15) is 4.79 Å². The van der Waals surface area contributed by atoms with Gasteiger partial charge in [0.1, 0.15) is 6.04 Å². The van der Waals surface area contributed by atoms with Crippen molar-refractivity contribution in [3.63, 3.8) is 0 Å². The number of hydrogen-bond acceptors (Lipinski definition) is 3. The molecule has 0 aromatic heterocycles. The molecule has 1 aromatic carbocycles. The van der Waals surface area contributed by atoms with E-state index < -0.39 is 12.0 Å². The van der Waals surface area contributed by atoms with E-state index in [1.807, 2.05) is 0 Å². The predicted octanol–water partition coefficient (Wildman–Crippen LogP) is 2.29. The van der Waals surface area contributed by atoms with E-state index in [4.69, 9.17) is 22.1 Å². The molecule has 0 amide bonds. The maximum absolute atomic E-state index is 11.6. The summed E-state index contributed by atoms with van der Waals surface area (Å²) in [7, 11) is 0. The largest absolute Gasteiger partial charge is 0.464 e. The topological polar surface area (TPSA) is 52.3 Å². The van der Waals surface area contributed by atoms with Gasteiger partial charge in [-0.25, -0.2) is 4.79 Å². The van der Waals surface area contributed by atoms with E-state index in [-0.39, 0.29) is 0 Å². The fourth-order valence-corrected chi connectivity index (χ4v) is 1.68. The number of benzene rings is 1. The van der Waals surface area contributed by atoms with Crippen molar-refractivity contribution in [1.29, 1.82) is 0 Å². The molecule has 2 rings (SSSR count). The number of halogens is 1. The Bertz CT molecular complexity index is 390. The zero-order valence-electron chi connectivity index (χ0n) is 8.86. The van der Waals surface area contributed by atoms with Gasteiger partial charge in [0.15, 0.2) is 0 Å². The molecule has 16 heavy (non-hydrogen) atoms. The second-order valence-electron chi connectivity index (χ2n) is 4.07. The van der Waals surface area contributed by atoms with E-state index >= 15 is 0 Å². The number of carbonyl (C=O) groups is 1. The van der Waals surface area contributed by atoms with Crippen LogP contribution >= 0.6 is 11.6 Å². The lowest BCUT2D eigenvalue weighted by atomic mass is 10.1. The SMILES string of the molecule is N[C@@H](C(=O)OCC1CC1)c1ccccc1Cl. The van der Waals surface area contributed by atoms with Crippen molar-refractivity contribution in [2.45, 2.75) is 18.9 Å². The number of carbonyl (C=O) groups excluding carboxylic acids is 1. The summed E-state index contributed by atoms with van der Waals surface area (Å²) in [5, 5.41) is 0.498. The summed E-state index contributed by atoms with van der Waals surface area (Å²) >= 11 is 5.95. The van der Waals surface area contributed by atoms with Gasteiger partial charge in [-0.15, -0.1) is 0 Å². The molecular formula is C12H14ClNO2. The Morgan fingerprint density at radius 3 is 2.81 bits per heavy atom. The highest BCUT2D eigenvalue weighted by molar-refractivity contribution is 6.31. The van der Waals surface area contributed by atoms with Gasteiger partial charge in [-0.1, -0.05) is 29.8 Å². The van der Waals surface area contributed by atoms with Crippen molar-refractivity contribution in [3.05, 3.63) is 34.9 Å². The van der Waals surface area contributed by atoms with Gasteiger partial charge in [0.05, 0.1) is 6.61 Å². The first-order chi connectivity index (χ1) is 7.68. The number of esters is 1. The standard InChI is InChI=1S/C12H14ClNO2/c13-10-4-2-1-3-9(10)11(14)12(15)16-7-8-5-6-8/h1-4,8,11H,5-7,14H2/t11-/m1/s1. The van der Waals surface area contributed by atoms with Crippen molar-refractivity contribution in [3.8, 4) is 0 Å². The minimum absolute atomic E-state index is 0.403. The third-order valence-electron chi connectivity index (χ3n) is 2.65. The zero-order chi connectivity index (χ0) is 11.5. The molecule has 4 heteroatoms. The van der Waals surface area contributed by atoms with Gasteiger partial charge in [0, 0.05) is 5.02 Å². The van der Waals surface area contributed by atoms with Gasteiger partial charge in [0.2, 0.25) is 0 Å². The average Bonchev–Trinajstić information content (AvgIpc) is 3.09. The molecule has 1 saturated carbocycles. The summed E-state index contributed by atoms with van der Waals surface area (Å²) in [5.74, 6) is 0.141. The van der Waals surface area contributed by atoms with Crippen LogP contribution in [0.1, 0.15) is 24.4 Å². The normalized spacial score (nSPS) is 16.9. The molecule has 1 aromatic rings. The molecule has 0 spiro atoms. The highest BCUT2D eigenvalue weighted by Gasteiger charge is 2.25. The lowest BCUT2D eigenvalue weighted by Crippen LogP contribution is -2.24. The highest BCUT2D eigenvalue weighted by atomic mass is 35.5. The number of rotatable bonds is 4. The summed E-state index contributed by atoms with van der Waals surface area (Å²) < 4.78 is 5.11. The Balaban J connectivity index is 1.97. The van der Waals surface area contributed by atoms with Crippen LogP contribution in [0.3, 0.4) is 0 Å². The Morgan fingerprint density at radius 1 is 1.50 bits per heavy atom. The summed E-state index contributed by atoms with van der Waals surface area (Å²) in [6.07, 6.45) is 2.29. The smallest absolute Gasteiger partial charge is 0.327 e. The van der Waals surface area contributed by atoms with Crippen LogP contribution in [-0.2, 0) is 9.53 Å². The van der Waals surface area contributed by atoms with E-state index in [2.05, 4.69) is 0 Å². The van der Waals surface area contributed by atoms with Gasteiger partial charge in [0.25, 0.3) is 0 Å². The third kappa shape index (κ3) is 2.74. The van der Waals surface area contributed by atoms with E-state index in [0.29, 0.717) is 23.1 Å². The Morgan fingerprint density at radius 2 is 2.19 bits per heavy atom. The number of hydrogen-bond donors (Lipinski definition) is 1. The van der Waals surface area contributed by atoms with Crippen molar-refractivity contribution in [2.24, 2.45) is 11.7 Å². The summed E-state index contributed by atoms with van der Waals surface area (Å²) in [6.45, 7) is 0.483. The van der Waals surface area contributed by atoms with Crippen LogP contribution in [0.4, 0.5) is 0 Å². The Labute approximate surface area is 99.5 Å². The molecule has 0 aliphatic heterocycles. The molecule has 1 aliphatic carbocycles. The van der Waals surface area contributed by atoms with Crippen molar-refractivity contribution in [2.75, 3.05) is 6.61 Å². The van der Waals surface area contributed by atoms with Crippen molar-refractivity contribution in [1.82, 2.24) is 0 Å². The molecule has 1 atom stereocenters. The Hall–Kier alpha value is -1.06. The zero-order valence-corrected chi connectivity index (χ0v) is 9.61. The molecule has 2 N–H and O–H groups in total. The van der Waals surface area contributed by atoms with Gasteiger partial charge in [-0.3, -0.25) is 0 Å². The molecule has 0 heterocycles. The Kier molecular flexibility index (Phi) is 3.46. The minimum atomic E-state index is -0.785. The van der Waals surface area contributed by atoms with Gasteiger partial charge >= 0.3 is 5.97 Å². The van der Waals surface area contributed by atoms with E-state index in [0.717, 1.165) is 12.8 Å². The summed E-state index contributed by atoms with van der Waals surface area (Å²) in [5.41, 5.74) is 6.40. The predicted molar refractivity (Wildman–Crippen MR) is 62.1 cm³/mol. The number of nitrogens with two attached hydrogens (primary N) is 1. The first-order valence-corrected chi connectivity index (χ1v) is 5.73. The van der Waals surface area contributed by atoms with Crippen LogP contribution in [0.2, 0.25) is 5.02 Å². The van der Waals surface area contributed by atoms with Crippen molar-refractivity contribution >= 4 is 17.6 Å². The molecule has 0 unspecified atom stereocenters. The van der Waals surface area contributed by atoms with Crippen LogP contribution < -0.4 is 5.73 Å². The summed E-state index contributed by atoms with van der Waals surface area (Å²) in [4.78, 5) is 11.6. The van der Waals surface area contributed by atoms with Crippen LogP contribution in [0.25, 0.3) is 0 Å². The van der Waals surface area contributed by atoms with Crippen LogP contribution in [0, 0.1) is 5.92 Å². The van der Waals surface area contributed by atoms with Crippen LogP contribution in [0.5, 0.6) is 0 Å². The van der Waals surface area contributed by atoms with Gasteiger partial charge in [-0.2, -0.15) is 0 Å². The molecule has 3 nitrogen and oxygen atoms in total. The average molecular weight is 240 g/mol. The van der Waals surface area contributed by atoms with Crippen LogP contribution in [-0.4, -0.2) is 12.6 Å². The minimum Gasteiger partial charge on any atom is -0.464 e. The van der Waals surface area contributed by atoms with Gasteiger partial charge < -0.3 is 10.5 Å². The first-order valence-electron chi connectivity index (χ1n) is 5.35. The highest BCUT2D eigenvalue weighted by Crippen LogP contribution is 2.29. The molecular weight excluding hydrogens is 226 g/mol. The van der Waals surface area contributed by atoms with Crippen molar-refractivity contribution < 1.29 is 9.53 Å². The molecule has 0 saturated heterocycles. The molecule has 1 aliphatic rings. The maximum atomic E-state index is 11.6. The lowest BCUT2D eigenvalue weighted by Gasteiger charge is -2.12. The molecule has 0 bridgehead atoms. The number of ether oxygens (including phenoxy) is 1. The molecule has 86 valence electrons. The fraction of sp³-hybridized carbons (Fsp3) is 0.417. The second-order valence-corrected chi connectivity index (χ2v) is 4.48. The second kappa shape index (κ2) is 4.85. The third-order valence-corrected chi connectivity index (χ3v) is 3.00. The van der Waals surface area contributed by atoms with E-state index in [1.54, 1.807) is 24.3 Å². The maximum Gasteiger partial charge on any atom is 0.327 e. The van der Waals surface area contributed by atoms with Gasteiger partial charge in [-0.05, 0) is 30.4 Å². The molecule has 0 radical (unpaired) electrons. The summed E-state index contributed by atoms with van der Waals surface area (Å²) in [6, 6.07) is 6.27. The fourth-order valence-electron chi connectivity index (χ4n) is 1.43. The van der Waals surface area contributed by atoms with Crippen LogP contribution in [0.15, 0.2) is 24.3 Å². The molecule has 1 fully saturated rings.